The van der Waals surface area contributed by atoms with E-state index in [2.05, 4.69) is 5.32 Å². The number of ether oxygens (including phenoxy) is 1. The highest BCUT2D eigenvalue weighted by Gasteiger charge is 2.20. The minimum Gasteiger partial charge on any atom is -0.481 e. The third-order valence-corrected chi connectivity index (χ3v) is 3.90. The molecule has 1 amide bonds. The Morgan fingerprint density at radius 3 is 2.59 bits per heavy atom. The summed E-state index contributed by atoms with van der Waals surface area (Å²) in [6.07, 6.45) is -1.09. The van der Waals surface area contributed by atoms with Crippen LogP contribution in [0.1, 0.15) is 12.5 Å². The van der Waals surface area contributed by atoms with Crippen LogP contribution in [0, 0.1) is 24.4 Å². The Labute approximate surface area is 151 Å². The molecule has 0 spiro atoms. The van der Waals surface area contributed by atoms with Gasteiger partial charge in [-0.1, -0.05) is 0 Å². The SMILES string of the molecule is Cc1cc(=O)oc2cc(O[C@H](C)C(=O)Nc3ccc(F)c(F)c3F)ccc12. The molecular weight excluding hydrogens is 363 g/mol. The summed E-state index contributed by atoms with van der Waals surface area (Å²) in [6.45, 7) is 3.15. The number of nitrogens with one attached hydrogen (secondary N) is 1. The van der Waals surface area contributed by atoms with E-state index in [4.69, 9.17) is 9.15 Å². The number of aryl methyl sites for hydroxylation is 1. The summed E-state index contributed by atoms with van der Waals surface area (Å²) in [6, 6.07) is 7.67. The van der Waals surface area contributed by atoms with Gasteiger partial charge >= 0.3 is 5.63 Å². The minimum atomic E-state index is -1.68. The van der Waals surface area contributed by atoms with Crippen LogP contribution in [0.5, 0.6) is 5.75 Å². The van der Waals surface area contributed by atoms with Crippen LogP contribution in [0.2, 0.25) is 0 Å². The number of benzene rings is 2. The summed E-state index contributed by atoms with van der Waals surface area (Å²) in [5.74, 6) is -5.07. The van der Waals surface area contributed by atoms with Crippen LogP contribution in [-0.4, -0.2) is 12.0 Å². The van der Waals surface area contributed by atoms with Crippen LogP contribution < -0.4 is 15.7 Å². The van der Waals surface area contributed by atoms with Crippen molar-refractivity contribution in [2.75, 3.05) is 5.32 Å². The lowest BCUT2D eigenvalue weighted by Gasteiger charge is -2.15. The molecule has 0 bridgehead atoms. The van der Waals surface area contributed by atoms with Gasteiger partial charge in [-0.3, -0.25) is 4.79 Å². The van der Waals surface area contributed by atoms with Crippen molar-refractivity contribution in [2.45, 2.75) is 20.0 Å². The van der Waals surface area contributed by atoms with Gasteiger partial charge in [-0.25, -0.2) is 18.0 Å². The lowest BCUT2D eigenvalue weighted by molar-refractivity contribution is -0.122. The van der Waals surface area contributed by atoms with Gasteiger partial charge in [-0.05, 0) is 43.7 Å². The first-order valence-electron chi connectivity index (χ1n) is 7.92. The largest absolute Gasteiger partial charge is 0.481 e. The number of carbonyl (C=O) groups excluding carboxylic acids is 1. The van der Waals surface area contributed by atoms with E-state index in [0.29, 0.717) is 11.5 Å². The highest BCUT2D eigenvalue weighted by Crippen LogP contribution is 2.24. The molecule has 0 aliphatic rings. The standard InChI is InChI=1S/C19H14F3NO4/c1-9-7-16(24)27-15-8-11(3-4-12(9)15)26-10(2)19(25)23-14-6-5-13(20)17(21)18(14)22/h3-8,10H,1-2H3,(H,23,25)/t10-/m1/s1. The van der Waals surface area contributed by atoms with Gasteiger partial charge < -0.3 is 14.5 Å². The zero-order chi connectivity index (χ0) is 19.7. The molecule has 8 heteroatoms. The Kier molecular flexibility index (Phi) is 4.89. The van der Waals surface area contributed by atoms with Crippen molar-refractivity contribution in [1.82, 2.24) is 0 Å². The Hall–Kier alpha value is -3.29. The summed E-state index contributed by atoms with van der Waals surface area (Å²) in [4.78, 5) is 23.6. The molecule has 0 saturated carbocycles. The molecule has 3 rings (SSSR count). The summed E-state index contributed by atoms with van der Waals surface area (Å²) < 4.78 is 50.4. The summed E-state index contributed by atoms with van der Waals surface area (Å²) in [7, 11) is 0. The molecule has 0 radical (unpaired) electrons. The Morgan fingerprint density at radius 1 is 1.11 bits per heavy atom. The van der Waals surface area contributed by atoms with Crippen LogP contribution in [-0.2, 0) is 4.79 Å². The molecule has 3 aromatic rings. The highest BCUT2D eigenvalue weighted by atomic mass is 19.2. The average Bonchev–Trinajstić information content (AvgIpc) is 2.61. The number of hydrogen-bond acceptors (Lipinski definition) is 4. The summed E-state index contributed by atoms with van der Waals surface area (Å²) in [5, 5.41) is 2.85. The fourth-order valence-electron chi connectivity index (χ4n) is 2.49. The molecule has 0 aliphatic heterocycles. The van der Waals surface area contributed by atoms with Gasteiger partial charge in [-0.2, -0.15) is 0 Å². The highest BCUT2D eigenvalue weighted by molar-refractivity contribution is 5.94. The van der Waals surface area contributed by atoms with Crippen molar-refractivity contribution in [1.29, 1.82) is 0 Å². The monoisotopic (exact) mass is 377 g/mol. The van der Waals surface area contributed by atoms with Gasteiger partial charge in [0.1, 0.15) is 11.3 Å². The fraction of sp³-hybridized carbons (Fsp3) is 0.158. The van der Waals surface area contributed by atoms with Gasteiger partial charge in [-0.15, -0.1) is 0 Å². The number of amides is 1. The molecule has 5 nitrogen and oxygen atoms in total. The van der Waals surface area contributed by atoms with Crippen molar-refractivity contribution in [3.05, 3.63) is 69.8 Å². The second-order valence-corrected chi connectivity index (χ2v) is 5.88. The summed E-state index contributed by atoms with van der Waals surface area (Å²) >= 11 is 0. The third-order valence-electron chi connectivity index (χ3n) is 3.90. The van der Waals surface area contributed by atoms with E-state index in [1.54, 1.807) is 19.1 Å². The van der Waals surface area contributed by atoms with Gasteiger partial charge in [0, 0.05) is 17.5 Å². The lowest BCUT2D eigenvalue weighted by atomic mass is 10.1. The van der Waals surface area contributed by atoms with E-state index < -0.39 is 40.8 Å². The molecule has 0 unspecified atom stereocenters. The molecule has 2 aromatic carbocycles. The molecule has 0 saturated heterocycles. The van der Waals surface area contributed by atoms with E-state index in [0.717, 1.165) is 11.6 Å². The van der Waals surface area contributed by atoms with E-state index in [1.807, 2.05) is 0 Å². The Morgan fingerprint density at radius 2 is 1.85 bits per heavy atom. The maximum absolute atomic E-state index is 13.7. The predicted molar refractivity (Wildman–Crippen MR) is 92.3 cm³/mol. The predicted octanol–water partition coefficient (Wildman–Crippen LogP) is 3.92. The molecule has 1 atom stereocenters. The number of hydrogen-bond donors (Lipinski definition) is 1. The Bertz CT molecular complexity index is 1090. The minimum absolute atomic E-state index is 0.240. The smallest absolute Gasteiger partial charge is 0.336 e. The van der Waals surface area contributed by atoms with Gasteiger partial charge in [0.2, 0.25) is 0 Å². The number of fused-ring (bicyclic) bond motifs is 1. The first-order chi connectivity index (χ1) is 12.8. The van der Waals surface area contributed by atoms with Crippen molar-refractivity contribution >= 4 is 22.6 Å². The van der Waals surface area contributed by atoms with Crippen LogP contribution in [0.25, 0.3) is 11.0 Å². The zero-order valence-corrected chi connectivity index (χ0v) is 14.3. The van der Waals surface area contributed by atoms with Gasteiger partial charge in [0.25, 0.3) is 5.91 Å². The number of carbonyl (C=O) groups is 1. The lowest BCUT2D eigenvalue weighted by Crippen LogP contribution is -2.30. The van der Waals surface area contributed by atoms with Gasteiger partial charge in [0.15, 0.2) is 23.6 Å². The number of halogens is 3. The van der Waals surface area contributed by atoms with Crippen molar-refractivity contribution < 1.29 is 27.1 Å². The molecule has 1 aromatic heterocycles. The fourth-order valence-corrected chi connectivity index (χ4v) is 2.49. The van der Waals surface area contributed by atoms with Crippen LogP contribution in [0.3, 0.4) is 0 Å². The molecule has 0 fully saturated rings. The van der Waals surface area contributed by atoms with E-state index in [9.17, 15) is 22.8 Å². The molecule has 140 valence electrons. The first kappa shape index (κ1) is 18.5. The third kappa shape index (κ3) is 3.79. The molecular formula is C19H14F3NO4. The molecule has 1 N–H and O–H groups in total. The molecule has 0 aliphatic carbocycles. The second-order valence-electron chi connectivity index (χ2n) is 5.88. The molecule has 27 heavy (non-hydrogen) atoms. The van der Waals surface area contributed by atoms with Crippen LogP contribution in [0.15, 0.2) is 45.6 Å². The van der Waals surface area contributed by atoms with Gasteiger partial charge in [0.05, 0.1) is 5.69 Å². The average molecular weight is 377 g/mol. The number of rotatable bonds is 4. The van der Waals surface area contributed by atoms with Crippen molar-refractivity contribution in [3.8, 4) is 5.75 Å². The normalized spacial score (nSPS) is 12.0. The molecule has 1 heterocycles. The van der Waals surface area contributed by atoms with Crippen molar-refractivity contribution in [3.63, 3.8) is 0 Å². The summed E-state index contributed by atoms with van der Waals surface area (Å²) in [5.41, 5.74) is -0.00426. The maximum Gasteiger partial charge on any atom is 0.336 e. The van der Waals surface area contributed by atoms with Crippen LogP contribution in [0.4, 0.5) is 18.9 Å². The van der Waals surface area contributed by atoms with Crippen molar-refractivity contribution in [2.24, 2.45) is 0 Å². The Balaban J connectivity index is 1.78. The van der Waals surface area contributed by atoms with E-state index in [1.165, 1.54) is 19.1 Å². The first-order valence-corrected chi connectivity index (χ1v) is 7.92. The zero-order valence-electron chi connectivity index (χ0n) is 14.3. The quantitative estimate of drug-likeness (QED) is 0.553. The second kappa shape index (κ2) is 7.14. The van der Waals surface area contributed by atoms with Crippen LogP contribution >= 0.6 is 0 Å². The van der Waals surface area contributed by atoms with E-state index in [-0.39, 0.29) is 11.3 Å². The maximum atomic E-state index is 13.7. The topological polar surface area (TPSA) is 68.5 Å². The number of anilines is 1. The van der Waals surface area contributed by atoms with E-state index >= 15 is 0 Å².